The molecule has 5 nitrogen and oxygen atoms in total. The summed E-state index contributed by atoms with van der Waals surface area (Å²) in [6, 6.07) is 7.76. The average Bonchev–Trinajstić information content (AvgIpc) is 3.06. The largest absolute Gasteiger partial charge is 0.497 e. The SMILES string of the molecule is COc1ccc(-c2noc(C3CN4CCC3CC4)n2)cc1. The fourth-order valence-corrected chi connectivity index (χ4v) is 3.49. The maximum absolute atomic E-state index is 5.55. The van der Waals surface area contributed by atoms with Crippen LogP contribution in [0.4, 0.5) is 0 Å². The highest BCUT2D eigenvalue weighted by atomic mass is 16.5. The lowest BCUT2D eigenvalue weighted by Crippen LogP contribution is -2.46. The molecule has 3 fully saturated rings. The van der Waals surface area contributed by atoms with E-state index in [1.807, 2.05) is 24.3 Å². The first-order valence-corrected chi connectivity index (χ1v) is 7.54. The maximum atomic E-state index is 5.55. The number of ether oxygens (including phenoxy) is 1. The van der Waals surface area contributed by atoms with E-state index in [4.69, 9.17) is 9.26 Å². The molecule has 1 atom stereocenters. The lowest BCUT2D eigenvalue weighted by molar-refractivity contribution is 0.0727. The van der Waals surface area contributed by atoms with E-state index in [-0.39, 0.29) is 0 Å². The smallest absolute Gasteiger partial charge is 0.231 e. The van der Waals surface area contributed by atoms with Gasteiger partial charge in [0.05, 0.1) is 13.0 Å². The van der Waals surface area contributed by atoms with Crippen molar-refractivity contribution in [3.63, 3.8) is 0 Å². The Morgan fingerprint density at radius 2 is 1.95 bits per heavy atom. The molecular formula is C16H19N3O2. The van der Waals surface area contributed by atoms with E-state index in [0.717, 1.165) is 23.7 Å². The Bertz CT molecular complexity index is 615. The summed E-state index contributed by atoms with van der Waals surface area (Å²) < 4.78 is 10.7. The fourth-order valence-electron chi connectivity index (χ4n) is 3.49. The number of piperidine rings is 3. The van der Waals surface area contributed by atoms with Gasteiger partial charge in [0.2, 0.25) is 11.7 Å². The zero-order valence-corrected chi connectivity index (χ0v) is 12.2. The molecule has 2 aromatic rings. The van der Waals surface area contributed by atoms with Gasteiger partial charge < -0.3 is 14.2 Å². The molecule has 0 saturated carbocycles. The second-order valence-electron chi connectivity index (χ2n) is 5.93. The van der Waals surface area contributed by atoms with E-state index in [1.165, 1.54) is 25.9 Å². The highest BCUT2D eigenvalue weighted by Gasteiger charge is 2.38. The van der Waals surface area contributed by atoms with Crippen molar-refractivity contribution in [1.82, 2.24) is 15.0 Å². The van der Waals surface area contributed by atoms with Crippen LogP contribution in [0.2, 0.25) is 0 Å². The summed E-state index contributed by atoms with van der Waals surface area (Å²) in [7, 11) is 1.66. The molecule has 4 heterocycles. The van der Waals surface area contributed by atoms with Crippen molar-refractivity contribution < 1.29 is 9.26 Å². The summed E-state index contributed by atoms with van der Waals surface area (Å²) in [5.74, 6) is 3.42. The minimum absolute atomic E-state index is 0.409. The summed E-state index contributed by atoms with van der Waals surface area (Å²) in [5.41, 5.74) is 0.965. The number of nitrogens with zero attached hydrogens (tertiary/aromatic N) is 3. The summed E-state index contributed by atoms with van der Waals surface area (Å²) in [4.78, 5) is 7.14. The number of hydrogen-bond acceptors (Lipinski definition) is 5. The zero-order chi connectivity index (χ0) is 14.2. The second-order valence-corrected chi connectivity index (χ2v) is 5.93. The molecule has 5 rings (SSSR count). The third-order valence-corrected chi connectivity index (χ3v) is 4.76. The number of rotatable bonds is 3. The predicted molar refractivity (Wildman–Crippen MR) is 78.2 cm³/mol. The van der Waals surface area contributed by atoms with E-state index in [2.05, 4.69) is 15.0 Å². The Morgan fingerprint density at radius 1 is 1.19 bits per heavy atom. The predicted octanol–water partition coefficient (Wildman–Crippen LogP) is 2.55. The molecule has 3 aliphatic rings. The van der Waals surface area contributed by atoms with Crippen molar-refractivity contribution in [2.24, 2.45) is 5.92 Å². The molecule has 1 aromatic carbocycles. The Morgan fingerprint density at radius 3 is 2.57 bits per heavy atom. The Hall–Kier alpha value is -1.88. The highest BCUT2D eigenvalue weighted by Crippen LogP contribution is 2.38. The number of benzene rings is 1. The van der Waals surface area contributed by atoms with Crippen molar-refractivity contribution in [2.45, 2.75) is 18.8 Å². The molecule has 110 valence electrons. The average molecular weight is 285 g/mol. The molecule has 0 N–H and O–H groups in total. The van der Waals surface area contributed by atoms with Crippen LogP contribution in [0.15, 0.2) is 28.8 Å². The second kappa shape index (κ2) is 5.15. The zero-order valence-electron chi connectivity index (χ0n) is 12.2. The van der Waals surface area contributed by atoms with E-state index in [9.17, 15) is 0 Å². The number of hydrogen-bond donors (Lipinski definition) is 0. The molecule has 2 bridgehead atoms. The standard InChI is InChI=1S/C16H19N3O2/c1-20-13-4-2-12(3-5-13)15-17-16(21-18-15)14-10-19-8-6-11(14)7-9-19/h2-5,11,14H,6-10H2,1H3. The molecule has 0 radical (unpaired) electrons. The fraction of sp³-hybridized carbons (Fsp3) is 0.500. The van der Waals surface area contributed by atoms with Crippen LogP contribution < -0.4 is 4.74 Å². The van der Waals surface area contributed by atoms with Gasteiger partial charge in [-0.05, 0) is 56.1 Å². The molecule has 5 heteroatoms. The first-order chi connectivity index (χ1) is 10.3. The lowest BCUT2D eigenvalue weighted by Gasteiger charge is -2.43. The van der Waals surface area contributed by atoms with Crippen molar-refractivity contribution in [3.05, 3.63) is 30.2 Å². The lowest BCUT2D eigenvalue weighted by atomic mass is 9.79. The van der Waals surface area contributed by atoms with Crippen LogP contribution >= 0.6 is 0 Å². The van der Waals surface area contributed by atoms with Crippen LogP contribution in [-0.4, -0.2) is 41.8 Å². The molecule has 3 saturated heterocycles. The Labute approximate surface area is 123 Å². The minimum Gasteiger partial charge on any atom is -0.497 e. The van der Waals surface area contributed by atoms with Gasteiger partial charge in [-0.3, -0.25) is 0 Å². The minimum atomic E-state index is 0.409. The molecule has 1 unspecified atom stereocenters. The number of fused-ring (bicyclic) bond motifs is 3. The van der Waals surface area contributed by atoms with Gasteiger partial charge in [-0.25, -0.2) is 0 Å². The Balaban J connectivity index is 1.57. The van der Waals surface area contributed by atoms with Gasteiger partial charge in [0.1, 0.15) is 5.75 Å². The van der Waals surface area contributed by atoms with Crippen molar-refractivity contribution >= 4 is 0 Å². The number of methoxy groups -OCH3 is 1. The molecule has 0 aliphatic carbocycles. The monoisotopic (exact) mass is 285 g/mol. The topological polar surface area (TPSA) is 51.4 Å². The molecule has 0 amide bonds. The molecule has 21 heavy (non-hydrogen) atoms. The molecule has 3 aliphatic heterocycles. The van der Waals surface area contributed by atoms with E-state index < -0.39 is 0 Å². The van der Waals surface area contributed by atoms with Gasteiger partial charge in [0, 0.05) is 12.1 Å². The molecular weight excluding hydrogens is 266 g/mol. The van der Waals surface area contributed by atoms with Gasteiger partial charge in [-0.15, -0.1) is 0 Å². The van der Waals surface area contributed by atoms with Crippen molar-refractivity contribution in [3.8, 4) is 17.1 Å². The summed E-state index contributed by atoms with van der Waals surface area (Å²) >= 11 is 0. The first-order valence-electron chi connectivity index (χ1n) is 7.54. The van der Waals surface area contributed by atoms with Crippen LogP contribution in [0, 0.1) is 5.92 Å². The quantitative estimate of drug-likeness (QED) is 0.867. The van der Waals surface area contributed by atoms with E-state index in [0.29, 0.717) is 17.7 Å². The van der Waals surface area contributed by atoms with Gasteiger partial charge >= 0.3 is 0 Å². The molecule has 1 aromatic heterocycles. The van der Waals surface area contributed by atoms with Crippen molar-refractivity contribution in [2.75, 3.05) is 26.7 Å². The molecule has 0 spiro atoms. The van der Waals surface area contributed by atoms with Crippen LogP contribution in [-0.2, 0) is 0 Å². The third-order valence-electron chi connectivity index (χ3n) is 4.76. The summed E-state index contributed by atoms with van der Waals surface area (Å²) in [6.07, 6.45) is 2.51. The van der Waals surface area contributed by atoms with E-state index in [1.54, 1.807) is 7.11 Å². The van der Waals surface area contributed by atoms with Crippen LogP contribution in [0.25, 0.3) is 11.4 Å². The Kier molecular flexibility index (Phi) is 3.15. The van der Waals surface area contributed by atoms with Crippen molar-refractivity contribution in [1.29, 1.82) is 0 Å². The first kappa shape index (κ1) is 12.8. The van der Waals surface area contributed by atoms with E-state index >= 15 is 0 Å². The third kappa shape index (κ3) is 2.31. The maximum Gasteiger partial charge on any atom is 0.231 e. The summed E-state index contributed by atoms with van der Waals surface area (Å²) in [6.45, 7) is 3.51. The van der Waals surface area contributed by atoms with Gasteiger partial charge in [0.25, 0.3) is 0 Å². The van der Waals surface area contributed by atoms with Gasteiger partial charge in [-0.2, -0.15) is 4.98 Å². The normalized spacial score (nSPS) is 27.8. The van der Waals surface area contributed by atoms with Crippen LogP contribution in [0.5, 0.6) is 5.75 Å². The number of aromatic nitrogens is 2. The highest BCUT2D eigenvalue weighted by molar-refractivity contribution is 5.55. The van der Waals surface area contributed by atoms with Gasteiger partial charge in [-0.1, -0.05) is 5.16 Å². The summed E-state index contributed by atoms with van der Waals surface area (Å²) in [5, 5.41) is 4.16. The van der Waals surface area contributed by atoms with Gasteiger partial charge in [0.15, 0.2) is 0 Å². The van der Waals surface area contributed by atoms with Crippen LogP contribution in [0.3, 0.4) is 0 Å². The van der Waals surface area contributed by atoms with Crippen LogP contribution in [0.1, 0.15) is 24.7 Å².